The fourth-order valence-electron chi connectivity index (χ4n) is 2.87. The van der Waals surface area contributed by atoms with Gasteiger partial charge in [-0.15, -0.1) is 0 Å². The normalized spacial score (nSPS) is 20.8. The molecule has 3 heteroatoms. The second-order valence-electron chi connectivity index (χ2n) is 5.90. The highest BCUT2D eigenvalue weighted by Gasteiger charge is 2.14. The number of carboxylic acids is 1. The topological polar surface area (TPSA) is 49.3 Å². The van der Waals surface area contributed by atoms with Gasteiger partial charge in [0.05, 0.1) is 5.56 Å². The minimum atomic E-state index is -0.885. The highest BCUT2D eigenvalue weighted by Crippen LogP contribution is 2.23. The van der Waals surface area contributed by atoms with Crippen molar-refractivity contribution in [3.05, 3.63) is 42.0 Å². The van der Waals surface area contributed by atoms with Crippen molar-refractivity contribution in [1.82, 2.24) is 0 Å². The summed E-state index contributed by atoms with van der Waals surface area (Å²) in [4.78, 5) is 10.9. The van der Waals surface area contributed by atoms with E-state index in [9.17, 15) is 4.79 Å². The molecule has 0 aliphatic heterocycles. The lowest BCUT2D eigenvalue weighted by Crippen LogP contribution is -2.22. The minimum Gasteiger partial charge on any atom is -0.478 e. The second-order valence-corrected chi connectivity index (χ2v) is 5.90. The first-order valence-electron chi connectivity index (χ1n) is 7.94. The van der Waals surface area contributed by atoms with Crippen LogP contribution in [0.3, 0.4) is 0 Å². The van der Waals surface area contributed by atoms with Crippen LogP contribution >= 0.6 is 0 Å². The molecule has 1 atom stereocenters. The van der Waals surface area contributed by atoms with Crippen LogP contribution < -0.4 is 5.32 Å². The molecule has 1 aliphatic carbocycles. The van der Waals surface area contributed by atoms with Gasteiger partial charge in [-0.3, -0.25) is 0 Å². The summed E-state index contributed by atoms with van der Waals surface area (Å²) in [7, 11) is 0. The second kappa shape index (κ2) is 7.87. The van der Waals surface area contributed by atoms with E-state index in [-0.39, 0.29) is 0 Å². The van der Waals surface area contributed by atoms with Crippen molar-refractivity contribution in [3.63, 3.8) is 0 Å². The molecule has 1 saturated carbocycles. The number of hydrogen-bond acceptors (Lipinski definition) is 2. The molecule has 1 aromatic rings. The molecular formula is C18H25NO2. The van der Waals surface area contributed by atoms with E-state index >= 15 is 0 Å². The molecule has 1 fully saturated rings. The van der Waals surface area contributed by atoms with Crippen LogP contribution in [0.2, 0.25) is 0 Å². The quantitative estimate of drug-likeness (QED) is 0.781. The number of anilines is 1. The van der Waals surface area contributed by atoms with Crippen LogP contribution in [0, 0.1) is 0 Å². The van der Waals surface area contributed by atoms with Crippen LogP contribution in [0.25, 0.3) is 0 Å². The van der Waals surface area contributed by atoms with Crippen molar-refractivity contribution in [2.45, 2.75) is 57.4 Å². The largest absolute Gasteiger partial charge is 0.478 e. The van der Waals surface area contributed by atoms with Crippen molar-refractivity contribution >= 4 is 11.7 Å². The number of rotatable bonds is 3. The molecule has 0 aromatic heterocycles. The van der Waals surface area contributed by atoms with Gasteiger partial charge in [-0.05, 0) is 43.5 Å². The fraction of sp³-hybridized carbons (Fsp3) is 0.500. The maximum atomic E-state index is 10.9. The summed E-state index contributed by atoms with van der Waals surface area (Å²) in [5.41, 5.74) is 2.58. The summed E-state index contributed by atoms with van der Waals surface area (Å²) in [6.45, 7) is 4.25. The van der Waals surface area contributed by atoms with Gasteiger partial charge in [-0.1, -0.05) is 44.3 Å². The molecule has 3 nitrogen and oxygen atoms in total. The average molecular weight is 287 g/mol. The zero-order valence-corrected chi connectivity index (χ0v) is 12.6. The predicted octanol–water partition coefficient (Wildman–Crippen LogP) is 4.86. The lowest BCUT2D eigenvalue weighted by atomic mass is 9.94. The Morgan fingerprint density at radius 3 is 2.33 bits per heavy atom. The van der Waals surface area contributed by atoms with Gasteiger partial charge in [0.2, 0.25) is 0 Å². The maximum absolute atomic E-state index is 10.9. The van der Waals surface area contributed by atoms with E-state index < -0.39 is 5.97 Å². The molecular weight excluding hydrogens is 262 g/mol. The Bertz CT molecular complexity index is 478. The molecule has 0 bridgehead atoms. The maximum Gasteiger partial charge on any atom is 0.335 e. The van der Waals surface area contributed by atoms with Gasteiger partial charge in [0.1, 0.15) is 0 Å². The smallest absolute Gasteiger partial charge is 0.335 e. The van der Waals surface area contributed by atoms with Crippen LogP contribution in [-0.4, -0.2) is 17.1 Å². The van der Waals surface area contributed by atoms with Gasteiger partial charge in [0.15, 0.2) is 0 Å². The Hall–Kier alpha value is -1.77. The van der Waals surface area contributed by atoms with Crippen LogP contribution in [-0.2, 0) is 0 Å². The lowest BCUT2D eigenvalue weighted by Gasteiger charge is -2.23. The molecule has 0 spiro atoms. The Labute approximate surface area is 127 Å². The first kappa shape index (κ1) is 15.6. The third-order valence-electron chi connectivity index (χ3n) is 4.21. The summed E-state index contributed by atoms with van der Waals surface area (Å²) >= 11 is 0. The Morgan fingerprint density at radius 2 is 1.67 bits per heavy atom. The first-order valence-corrected chi connectivity index (χ1v) is 7.94. The SMILES string of the molecule is C=C1CCCCCCCCC1Nc1ccc(C(=O)O)cc1. The number of hydrogen-bond donors (Lipinski definition) is 2. The number of aromatic carboxylic acids is 1. The minimum absolute atomic E-state index is 0.304. The molecule has 2 N–H and O–H groups in total. The van der Waals surface area contributed by atoms with Crippen LogP contribution in [0.15, 0.2) is 36.4 Å². The van der Waals surface area contributed by atoms with Crippen LogP contribution in [0.4, 0.5) is 5.69 Å². The van der Waals surface area contributed by atoms with Gasteiger partial charge < -0.3 is 10.4 Å². The summed E-state index contributed by atoms with van der Waals surface area (Å²) < 4.78 is 0. The number of benzene rings is 1. The van der Waals surface area contributed by atoms with Gasteiger partial charge in [-0.2, -0.15) is 0 Å². The molecule has 0 saturated heterocycles. The van der Waals surface area contributed by atoms with E-state index in [1.807, 2.05) is 12.1 Å². The Balaban J connectivity index is 1.99. The van der Waals surface area contributed by atoms with Crippen LogP contribution in [0.1, 0.15) is 61.7 Å². The van der Waals surface area contributed by atoms with E-state index in [2.05, 4.69) is 11.9 Å². The third kappa shape index (κ3) is 4.92. The molecule has 0 radical (unpaired) electrons. The monoisotopic (exact) mass is 287 g/mol. The molecule has 1 aromatic carbocycles. The Kier molecular flexibility index (Phi) is 5.85. The zero-order valence-electron chi connectivity index (χ0n) is 12.6. The molecule has 0 amide bonds. The Morgan fingerprint density at radius 1 is 1.05 bits per heavy atom. The van der Waals surface area contributed by atoms with Gasteiger partial charge in [-0.25, -0.2) is 4.79 Å². The van der Waals surface area contributed by atoms with Crippen molar-refractivity contribution in [2.24, 2.45) is 0 Å². The average Bonchev–Trinajstić information content (AvgIpc) is 2.49. The summed E-state index contributed by atoms with van der Waals surface area (Å²) in [6, 6.07) is 7.28. The lowest BCUT2D eigenvalue weighted by molar-refractivity contribution is 0.0697. The molecule has 2 rings (SSSR count). The highest BCUT2D eigenvalue weighted by molar-refractivity contribution is 5.88. The number of carbonyl (C=O) groups is 1. The standard InChI is InChI=1S/C18H25NO2/c1-14-8-6-4-2-3-5-7-9-17(14)19-16-12-10-15(11-13-16)18(20)21/h10-13,17,19H,1-9H2,(H,20,21). The molecule has 1 unspecified atom stereocenters. The van der Waals surface area contributed by atoms with Crippen molar-refractivity contribution in [2.75, 3.05) is 5.32 Å². The van der Waals surface area contributed by atoms with Crippen molar-refractivity contribution < 1.29 is 9.90 Å². The van der Waals surface area contributed by atoms with Crippen molar-refractivity contribution in [1.29, 1.82) is 0 Å². The van der Waals surface area contributed by atoms with E-state index in [4.69, 9.17) is 5.11 Å². The molecule has 1 aliphatic rings. The van der Waals surface area contributed by atoms with E-state index in [1.54, 1.807) is 12.1 Å². The van der Waals surface area contributed by atoms with Gasteiger partial charge >= 0.3 is 5.97 Å². The summed E-state index contributed by atoms with van der Waals surface area (Å²) in [6.07, 6.45) is 9.94. The summed E-state index contributed by atoms with van der Waals surface area (Å²) in [5.74, 6) is -0.885. The number of nitrogens with one attached hydrogen (secondary N) is 1. The molecule has 0 heterocycles. The van der Waals surface area contributed by atoms with E-state index in [0.29, 0.717) is 11.6 Å². The summed E-state index contributed by atoms with van der Waals surface area (Å²) in [5, 5.41) is 12.5. The molecule has 114 valence electrons. The molecule has 21 heavy (non-hydrogen) atoms. The van der Waals surface area contributed by atoms with Gasteiger partial charge in [0.25, 0.3) is 0 Å². The number of carboxylic acid groups (broad SMARTS) is 1. The predicted molar refractivity (Wildman–Crippen MR) is 86.9 cm³/mol. The van der Waals surface area contributed by atoms with E-state index in [0.717, 1.165) is 18.5 Å². The van der Waals surface area contributed by atoms with Crippen molar-refractivity contribution in [3.8, 4) is 0 Å². The highest BCUT2D eigenvalue weighted by atomic mass is 16.4. The zero-order chi connectivity index (χ0) is 15.1. The third-order valence-corrected chi connectivity index (χ3v) is 4.21. The first-order chi connectivity index (χ1) is 10.2. The van der Waals surface area contributed by atoms with E-state index in [1.165, 1.54) is 44.1 Å². The van der Waals surface area contributed by atoms with Gasteiger partial charge in [0, 0.05) is 11.7 Å². The fourth-order valence-corrected chi connectivity index (χ4v) is 2.87. The van der Waals surface area contributed by atoms with Crippen LogP contribution in [0.5, 0.6) is 0 Å².